The molecule has 0 unspecified atom stereocenters. The van der Waals surface area contributed by atoms with Crippen LogP contribution in [0.5, 0.6) is 0 Å². The molecule has 1 fully saturated rings. The summed E-state index contributed by atoms with van der Waals surface area (Å²) in [7, 11) is 1.40. The standard InChI is InChI=1S/C14H17Cl2NO3S/c1-14(6-2-3-7-14)9-17-13(18)11-8-10(21(16,19)20)4-5-12(11)15/h4-5,8H,2-3,6-7,9H2,1H3,(H,17,18). The van der Waals surface area contributed by atoms with E-state index in [1.807, 2.05) is 0 Å². The van der Waals surface area contributed by atoms with Gasteiger partial charge in [0.15, 0.2) is 0 Å². The fourth-order valence-corrected chi connectivity index (χ4v) is 3.60. The predicted molar refractivity (Wildman–Crippen MR) is 83.4 cm³/mol. The van der Waals surface area contributed by atoms with Crippen molar-refractivity contribution in [3.63, 3.8) is 0 Å². The van der Waals surface area contributed by atoms with Crippen molar-refractivity contribution < 1.29 is 13.2 Å². The summed E-state index contributed by atoms with van der Waals surface area (Å²) in [5.74, 6) is -0.379. The van der Waals surface area contributed by atoms with Crippen LogP contribution in [-0.2, 0) is 9.05 Å². The molecule has 21 heavy (non-hydrogen) atoms. The second kappa shape index (κ2) is 6.15. The van der Waals surface area contributed by atoms with E-state index < -0.39 is 9.05 Å². The van der Waals surface area contributed by atoms with E-state index in [2.05, 4.69) is 12.2 Å². The third kappa shape index (κ3) is 4.11. The van der Waals surface area contributed by atoms with E-state index in [9.17, 15) is 13.2 Å². The molecule has 0 aromatic heterocycles. The van der Waals surface area contributed by atoms with Gasteiger partial charge < -0.3 is 5.32 Å². The Morgan fingerprint density at radius 1 is 1.33 bits per heavy atom. The molecule has 0 bridgehead atoms. The van der Waals surface area contributed by atoms with Gasteiger partial charge in [-0.1, -0.05) is 31.4 Å². The molecule has 0 radical (unpaired) electrons. The van der Waals surface area contributed by atoms with Gasteiger partial charge in [-0.2, -0.15) is 0 Å². The monoisotopic (exact) mass is 349 g/mol. The lowest BCUT2D eigenvalue weighted by molar-refractivity contribution is 0.0934. The minimum Gasteiger partial charge on any atom is -0.351 e. The topological polar surface area (TPSA) is 63.2 Å². The lowest BCUT2D eigenvalue weighted by atomic mass is 9.89. The molecular formula is C14H17Cl2NO3S. The first kappa shape index (κ1) is 16.6. The van der Waals surface area contributed by atoms with Crippen molar-refractivity contribution in [1.82, 2.24) is 5.32 Å². The van der Waals surface area contributed by atoms with Crippen molar-refractivity contribution in [2.75, 3.05) is 6.54 Å². The number of carbonyl (C=O) groups excluding carboxylic acids is 1. The van der Waals surface area contributed by atoms with Gasteiger partial charge in [0.1, 0.15) is 0 Å². The lowest BCUT2D eigenvalue weighted by Crippen LogP contribution is -2.34. The Morgan fingerprint density at radius 3 is 2.52 bits per heavy atom. The second-order valence-electron chi connectivity index (χ2n) is 5.78. The third-order valence-corrected chi connectivity index (χ3v) is 5.63. The van der Waals surface area contributed by atoms with Gasteiger partial charge in [-0.05, 0) is 36.5 Å². The fraction of sp³-hybridized carbons (Fsp3) is 0.500. The molecule has 1 N–H and O–H groups in total. The van der Waals surface area contributed by atoms with E-state index in [1.165, 1.54) is 31.0 Å². The molecule has 0 heterocycles. The van der Waals surface area contributed by atoms with Crippen molar-refractivity contribution in [1.29, 1.82) is 0 Å². The van der Waals surface area contributed by atoms with Gasteiger partial charge in [0, 0.05) is 17.2 Å². The highest BCUT2D eigenvalue weighted by Gasteiger charge is 2.29. The van der Waals surface area contributed by atoms with Crippen LogP contribution in [0.15, 0.2) is 23.1 Å². The van der Waals surface area contributed by atoms with Crippen LogP contribution in [-0.4, -0.2) is 20.9 Å². The van der Waals surface area contributed by atoms with Gasteiger partial charge in [0.25, 0.3) is 15.0 Å². The molecular weight excluding hydrogens is 333 g/mol. The van der Waals surface area contributed by atoms with Crippen molar-refractivity contribution in [3.8, 4) is 0 Å². The van der Waals surface area contributed by atoms with Crippen LogP contribution in [0.3, 0.4) is 0 Å². The zero-order chi connectivity index (χ0) is 15.7. The molecule has 1 aromatic carbocycles. The Hall–Kier alpha value is -0.780. The SMILES string of the molecule is CC1(CNC(=O)c2cc(S(=O)(=O)Cl)ccc2Cl)CCCC1. The second-order valence-corrected chi connectivity index (χ2v) is 8.75. The van der Waals surface area contributed by atoms with Crippen LogP contribution in [0.1, 0.15) is 43.0 Å². The van der Waals surface area contributed by atoms with Crippen LogP contribution in [0, 0.1) is 5.41 Å². The van der Waals surface area contributed by atoms with Crippen molar-refractivity contribution >= 4 is 37.2 Å². The molecule has 0 aliphatic heterocycles. The van der Waals surface area contributed by atoms with Crippen LogP contribution < -0.4 is 5.32 Å². The summed E-state index contributed by atoms with van der Waals surface area (Å²) < 4.78 is 22.7. The maximum absolute atomic E-state index is 12.2. The summed E-state index contributed by atoms with van der Waals surface area (Å²) in [6.07, 6.45) is 4.51. The summed E-state index contributed by atoms with van der Waals surface area (Å²) in [5.41, 5.74) is 0.234. The first-order chi connectivity index (χ1) is 9.71. The van der Waals surface area contributed by atoms with Crippen LogP contribution in [0.4, 0.5) is 0 Å². The summed E-state index contributed by atoms with van der Waals surface area (Å²) in [5, 5.41) is 3.04. The molecule has 1 aliphatic carbocycles. The molecule has 1 aliphatic rings. The number of benzene rings is 1. The molecule has 7 heteroatoms. The Balaban J connectivity index is 2.15. The molecule has 0 saturated heterocycles. The smallest absolute Gasteiger partial charge is 0.261 e. The quantitative estimate of drug-likeness (QED) is 0.845. The number of rotatable bonds is 4. The van der Waals surface area contributed by atoms with Crippen LogP contribution in [0.25, 0.3) is 0 Å². The average molecular weight is 350 g/mol. The van der Waals surface area contributed by atoms with Gasteiger partial charge in [-0.15, -0.1) is 0 Å². The summed E-state index contributed by atoms with van der Waals surface area (Å²) in [6.45, 7) is 2.70. The first-order valence-electron chi connectivity index (χ1n) is 6.74. The van der Waals surface area contributed by atoms with Gasteiger partial charge >= 0.3 is 0 Å². The van der Waals surface area contributed by atoms with E-state index >= 15 is 0 Å². The lowest BCUT2D eigenvalue weighted by Gasteiger charge is -2.23. The zero-order valence-corrected chi connectivity index (χ0v) is 14.0. The Labute approximate surface area is 134 Å². The molecule has 116 valence electrons. The number of amides is 1. The molecule has 1 saturated carbocycles. The molecule has 0 atom stereocenters. The summed E-state index contributed by atoms with van der Waals surface area (Å²) >= 11 is 5.97. The number of nitrogens with one attached hydrogen (secondary N) is 1. The fourth-order valence-electron chi connectivity index (χ4n) is 2.62. The van der Waals surface area contributed by atoms with Crippen molar-refractivity contribution in [2.45, 2.75) is 37.5 Å². The average Bonchev–Trinajstić information content (AvgIpc) is 2.83. The van der Waals surface area contributed by atoms with Gasteiger partial charge in [-0.3, -0.25) is 4.79 Å². The Morgan fingerprint density at radius 2 is 1.95 bits per heavy atom. The Kier molecular flexibility index (Phi) is 4.85. The molecule has 1 aromatic rings. The van der Waals surface area contributed by atoms with Gasteiger partial charge in [0.2, 0.25) is 0 Å². The van der Waals surface area contributed by atoms with E-state index in [0.717, 1.165) is 12.8 Å². The maximum Gasteiger partial charge on any atom is 0.261 e. The van der Waals surface area contributed by atoms with Crippen LogP contribution >= 0.6 is 22.3 Å². The highest BCUT2D eigenvalue weighted by molar-refractivity contribution is 8.13. The molecule has 4 nitrogen and oxygen atoms in total. The molecule has 1 amide bonds. The van der Waals surface area contributed by atoms with Crippen molar-refractivity contribution in [2.24, 2.45) is 5.41 Å². The van der Waals surface area contributed by atoms with E-state index in [0.29, 0.717) is 6.54 Å². The largest absolute Gasteiger partial charge is 0.351 e. The molecule has 0 spiro atoms. The normalized spacial score (nSPS) is 17.7. The van der Waals surface area contributed by atoms with Gasteiger partial charge in [-0.25, -0.2) is 8.42 Å². The van der Waals surface area contributed by atoms with E-state index in [1.54, 1.807) is 0 Å². The number of carbonyl (C=O) groups is 1. The number of hydrogen-bond donors (Lipinski definition) is 1. The number of hydrogen-bond acceptors (Lipinski definition) is 3. The number of halogens is 2. The summed E-state index contributed by atoms with van der Waals surface area (Å²) in [6, 6.07) is 3.85. The minimum atomic E-state index is -3.88. The highest BCUT2D eigenvalue weighted by atomic mass is 35.7. The predicted octanol–water partition coefficient (Wildman–Crippen LogP) is 3.58. The summed E-state index contributed by atoms with van der Waals surface area (Å²) in [4.78, 5) is 12.1. The van der Waals surface area contributed by atoms with Crippen molar-refractivity contribution in [3.05, 3.63) is 28.8 Å². The van der Waals surface area contributed by atoms with E-state index in [-0.39, 0.29) is 26.8 Å². The highest BCUT2D eigenvalue weighted by Crippen LogP contribution is 2.36. The van der Waals surface area contributed by atoms with Gasteiger partial charge in [0.05, 0.1) is 15.5 Å². The third-order valence-electron chi connectivity index (χ3n) is 3.95. The van der Waals surface area contributed by atoms with Crippen LogP contribution in [0.2, 0.25) is 5.02 Å². The Bertz CT molecular complexity index is 652. The molecule has 2 rings (SSSR count). The zero-order valence-electron chi connectivity index (χ0n) is 11.7. The maximum atomic E-state index is 12.2. The van der Waals surface area contributed by atoms with E-state index in [4.69, 9.17) is 22.3 Å². The minimum absolute atomic E-state index is 0.109. The first-order valence-corrected chi connectivity index (χ1v) is 9.42.